The topological polar surface area (TPSA) is 19.7 Å². The van der Waals surface area contributed by atoms with Crippen LogP contribution in [0.3, 0.4) is 0 Å². The smallest absolute Gasteiger partial charge is 0.251 e. The van der Waals surface area contributed by atoms with Crippen LogP contribution in [-0.2, 0) is 13.5 Å². The quantitative estimate of drug-likeness (QED) is 0.368. The van der Waals surface area contributed by atoms with E-state index in [1.165, 1.54) is 108 Å². The van der Waals surface area contributed by atoms with Gasteiger partial charge in [-0.2, -0.15) is 0 Å². The normalized spacial score (nSPS) is 10.8. The summed E-state index contributed by atoms with van der Waals surface area (Å²) in [6.45, 7) is 4.43. The molecule has 0 aliphatic rings. The highest BCUT2D eigenvalue weighted by Crippen LogP contribution is 2.13. The fourth-order valence-electron chi connectivity index (χ4n) is 3.32. The van der Waals surface area contributed by atoms with E-state index in [-0.39, 0.29) is 12.4 Å². The van der Waals surface area contributed by atoms with Crippen molar-refractivity contribution >= 4 is 0 Å². The third kappa shape index (κ3) is 11.9. The summed E-state index contributed by atoms with van der Waals surface area (Å²) in [5.74, 6) is 1.25. The van der Waals surface area contributed by atoms with Gasteiger partial charge in [0, 0.05) is 13.3 Å². The summed E-state index contributed by atoms with van der Waals surface area (Å²) in [4.78, 5) is 3.45. The van der Waals surface area contributed by atoms with Crippen LogP contribution >= 0.6 is 0 Å². The van der Waals surface area contributed by atoms with Gasteiger partial charge in [0.15, 0.2) is 0 Å². The van der Waals surface area contributed by atoms with Crippen LogP contribution in [0.4, 0.5) is 0 Å². The summed E-state index contributed by atoms with van der Waals surface area (Å²) in [7, 11) is 2.11. The second-order valence-corrected chi connectivity index (χ2v) is 7.32. The summed E-state index contributed by atoms with van der Waals surface area (Å²) < 4.78 is 2.18. The Kier molecular flexibility index (Phi) is 15.7. The molecule has 1 rings (SSSR count). The molecule has 0 unspecified atom stereocenters. The summed E-state index contributed by atoms with van der Waals surface area (Å²) in [5.41, 5.74) is 1.39. The van der Waals surface area contributed by atoms with Crippen molar-refractivity contribution in [2.45, 2.75) is 110 Å². The molecule has 0 atom stereocenters. The molecule has 3 heteroatoms. The lowest BCUT2D eigenvalue weighted by atomic mass is 10.0. The van der Waals surface area contributed by atoms with Gasteiger partial charge in [-0.1, -0.05) is 90.4 Å². The fraction of sp³-hybridized carbons (Fsp3) is 0.857. The maximum Gasteiger partial charge on any atom is 0.251 e. The summed E-state index contributed by atoms with van der Waals surface area (Å²) >= 11 is 0. The van der Waals surface area contributed by atoms with Gasteiger partial charge >= 0.3 is 0 Å². The van der Waals surface area contributed by atoms with Crippen LogP contribution in [0, 0.1) is 6.92 Å². The van der Waals surface area contributed by atoms with Crippen molar-refractivity contribution in [3.63, 3.8) is 0 Å². The largest absolute Gasteiger partial charge is 1.00 e. The number of imidazole rings is 1. The number of aromatic amines is 1. The molecule has 0 aliphatic heterocycles. The molecule has 0 amide bonds. The van der Waals surface area contributed by atoms with Gasteiger partial charge in [0.2, 0.25) is 0 Å². The van der Waals surface area contributed by atoms with Gasteiger partial charge in [0.1, 0.15) is 11.9 Å². The molecule has 142 valence electrons. The van der Waals surface area contributed by atoms with Crippen molar-refractivity contribution < 1.29 is 17.0 Å². The second kappa shape index (κ2) is 16.0. The number of halogens is 1. The van der Waals surface area contributed by atoms with Gasteiger partial charge < -0.3 is 12.4 Å². The van der Waals surface area contributed by atoms with Crippen LogP contribution in [0.1, 0.15) is 108 Å². The molecular formula is C21H41ClN2. The zero-order valence-electron chi connectivity index (χ0n) is 16.5. The first-order chi connectivity index (χ1) is 11.2. The molecule has 0 saturated carbocycles. The van der Waals surface area contributed by atoms with Crippen LogP contribution in [0.15, 0.2) is 6.20 Å². The molecule has 1 N–H and O–H groups in total. The molecule has 0 radical (unpaired) electrons. The molecule has 0 fully saturated rings. The van der Waals surface area contributed by atoms with Crippen LogP contribution in [0.2, 0.25) is 0 Å². The van der Waals surface area contributed by atoms with Gasteiger partial charge in [-0.3, -0.25) is 0 Å². The molecule has 24 heavy (non-hydrogen) atoms. The molecule has 0 aliphatic carbocycles. The average Bonchev–Trinajstić information content (AvgIpc) is 2.86. The van der Waals surface area contributed by atoms with Gasteiger partial charge in [-0.05, 0) is 6.42 Å². The van der Waals surface area contributed by atoms with E-state index in [0.717, 1.165) is 0 Å². The summed E-state index contributed by atoms with van der Waals surface area (Å²) in [5, 5.41) is 0. The van der Waals surface area contributed by atoms with Crippen LogP contribution in [-0.4, -0.2) is 4.98 Å². The van der Waals surface area contributed by atoms with E-state index in [2.05, 4.69) is 36.6 Å². The molecule has 0 spiro atoms. The molecular weight excluding hydrogens is 316 g/mol. The molecule has 1 aromatic rings. The molecule has 1 heterocycles. The zero-order valence-corrected chi connectivity index (χ0v) is 17.3. The van der Waals surface area contributed by atoms with Crippen molar-refractivity contribution in [1.82, 2.24) is 4.98 Å². The van der Waals surface area contributed by atoms with Crippen LogP contribution in [0.25, 0.3) is 0 Å². The molecule has 2 nitrogen and oxygen atoms in total. The zero-order chi connectivity index (χ0) is 16.8. The third-order valence-electron chi connectivity index (χ3n) is 5.02. The average molecular weight is 357 g/mol. The maximum absolute atomic E-state index is 3.45. The SMILES string of the molecule is CCCCCCCCCCCCCCCCc1c[n+](C)c(C)[nH]1.[Cl-]. The molecule has 0 saturated heterocycles. The minimum atomic E-state index is 0. The predicted molar refractivity (Wildman–Crippen MR) is 101 cm³/mol. The highest BCUT2D eigenvalue weighted by molar-refractivity contribution is 4.93. The minimum absolute atomic E-state index is 0. The lowest BCUT2D eigenvalue weighted by Gasteiger charge is -2.02. The number of aromatic nitrogens is 2. The lowest BCUT2D eigenvalue weighted by molar-refractivity contribution is -0.676. The van der Waals surface area contributed by atoms with Gasteiger partial charge in [-0.15, -0.1) is 0 Å². The number of nitrogens with one attached hydrogen (secondary N) is 1. The number of H-pyrrole nitrogens is 1. The van der Waals surface area contributed by atoms with E-state index in [1.807, 2.05) is 0 Å². The van der Waals surface area contributed by atoms with Crippen molar-refractivity contribution in [2.75, 3.05) is 0 Å². The number of nitrogens with zero attached hydrogens (tertiary/aromatic N) is 1. The highest BCUT2D eigenvalue weighted by atomic mass is 35.5. The first-order valence-corrected chi connectivity index (χ1v) is 10.3. The van der Waals surface area contributed by atoms with Gasteiger partial charge in [0.25, 0.3) is 5.82 Å². The van der Waals surface area contributed by atoms with E-state index in [0.29, 0.717) is 0 Å². The first-order valence-electron chi connectivity index (χ1n) is 10.3. The highest BCUT2D eigenvalue weighted by Gasteiger charge is 2.06. The number of hydrogen-bond acceptors (Lipinski definition) is 0. The Hall–Kier alpha value is -0.500. The van der Waals surface area contributed by atoms with Crippen LogP contribution in [0.5, 0.6) is 0 Å². The Morgan fingerprint density at radius 3 is 1.54 bits per heavy atom. The van der Waals surface area contributed by atoms with E-state index < -0.39 is 0 Å². The summed E-state index contributed by atoms with van der Waals surface area (Å²) in [6, 6.07) is 0. The van der Waals surface area contributed by atoms with Crippen molar-refractivity contribution in [3.8, 4) is 0 Å². The Bertz CT molecular complexity index is 368. The van der Waals surface area contributed by atoms with Crippen molar-refractivity contribution in [3.05, 3.63) is 17.7 Å². The Labute approximate surface area is 157 Å². The predicted octanol–water partition coefficient (Wildman–Crippen LogP) is 3.18. The van der Waals surface area contributed by atoms with Crippen molar-refractivity contribution in [2.24, 2.45) is 7.05 Å². The van der Waals surface area contributed by atoms with Gasteiger partial charge in [0.05, 0.1) is 7.05 Å². The molecule has 1 aromatic heterocycles. The maximum atomic E-state index is 3.45. The van der Waals surface area contributed by atoms with E-state index in [1.54, 1.807) is 0 Å². The Morgan fingerprint density at radius 1 is 0.750 bits per heavy atom. The standard InChI is InChI=1S/C21H40N2.ClH/c1-4-5-6-7-8-9-10-11-12-13-14-15-16-17-18-21-19-23(3)20(2)22-21;/h19H,4-18H2,1-3H3;1H. The number of aryl methyl sites for hydroxylation is 3. The van der Waals surface area contributed by atoms with Gasteiger partial charge in [-0.25, -0.2) is 9.55 Å². The lowest BCUT2D eigenvalue weighted by Crippen LogP contribution is -3.00. The fourth-order valence-corrected chi connectivity index (χ4v) is 3.32. The van der Waals surface area contributed by atoms with Crippen molar-refractivity contribution in [1.29, 1.82) is 0 Å². The Balaban J connectivity index is 0.00000529. The second-order valence-electron chi connectivity index (χ2n) is 7.32. The third-order valence-corrected chi connectivity index (χ3v) is 5.02. The Morgan fingerprint density at radius 2 is 1.17 bits per heavy atom. The van der Waals surface area contributed by atoms with E-state index in [9.17, 15) is 0 Å². The molecule has 0 bridgehead atoms. The summed E-state index contributed by atoms with van der Waals surface area (Å²) in [6.07, 6.45) is 23.5. The van der Waals surface area contributed by atoms with Crippen LogP contribution < -0.4 is 17.0 Å². The number of hydrogen-bond donors (Lipinski definition) is 1. The number of unbranched alkanes of at least 4 members (excludes halogenated alkanes) is 13. The first kappa shape index (κ1) is 23.5. The minimum Gasteiger partial charge on any atom is -1.00 e. The van der Waals surface area contributed by atoms with E-state index >= 15 is 0 Å². The van der Waals surface area contributed by atoms with E-state index in [4.69, 9.17) is 0 Å². The monoisotopic (exact) mass is 356 g/mol. The number of rotatable bonds is 15. The molecule has 0 aromatic carbocycles.